The first-order valence-electron chi connectivity index (χ1n) is 8.35. The van der Waals surface area contributed by atoms with Crippen LogP contribution in [-0.4, -0.2) is 43.1 Å². The van der Waals surface area contributed by atoms with Crippen LogP contribution in [0.4, 0.5) is 5.69 Å². The summed E-state index contributed by atoms with van der Waals surface area (Å²) in [6.07, 6.45) is 4.73. The van der Waals surface area contributed by atoms with Crippen molar-refractivity contribution in [1.82, 2.24) is 9.88 Å². The second kappa shape index (κ2) is 7.98. The summed E-state index contributed by atoms with van der Waals surface area (Å²) in [7, 11) is 3.30. The molecule has 6 heteroatoms. The molecule has 1 aliphatic heterocycles. The van der Waals surface area contributed by atoms with Gasteiger partial charge < -0.3 is 14.8 Å². The zero-order chi connectivity index (χ0) is 17.6. The summed E-state index contributed by atoms with van der Waals surface area (Å²) in [5, 5.41) is 2.87. The number of hydrogen-bond donors (Lipinski definition) is 1. The van der Waals surface area contributed by atoms with Gasteiger partial charge in [-0.25, -0.2) is 0 Å². The summed E-state index contributed by atoms with van der Waals surface area (Å²) in [5.41, 5.74) is 3.25. The van der Waals surface area contributed by atoms with E-state index in [-0.39, 0.29) is 5.91 Å². The zero-order valence-corrected chi connectivity index (χ0v) is 14.6. The Bertz CT molecular complexity index is 734. The number of nitrogens with zero attached hydrogens (tertiary/aromatic N) is 2. The molecule has 25 heavy (non-hydrogen) atoms. The van der Waals surface area contributed by atoms with Gasteiger partial charge in [-0.05, 0) is 41.8 Å². The van der Waals surface area contributed by atoms with Crippen LogP contribution in [0.5, 0.6) is 11.5 Å². The predicted molar refractivity (Wildman–Crippen MR) is 96.0 cm³/mol. The van der Waals surface area contributed by atoms with Gasteiger partial charge in [-0.3, -0.25) is 14.7 Å². The van der Waals surface area contributed by atoms with Crippen molar-refractivity contribution < 1.29 is 14.3 Å². The molecule has 1 aliphatic rings. The van der Waals surface area contributed by atoms with E-state index in [9.17, 15) is 4.79 Å². The first-order chi connectivity index (χ1) is 12.2. The summed E-state index contributed by atoms with van der Waals surface area (Å²) in [4.78, 5) is 18.4. The summed E-state index contributed by atoms with van der Waals surface area (Å²) in [6, 6.07) is 7.73. The highest BCUT2D eigenvalue weighted by Gasteiger charge is 2.19. The molecule has 2 aromatic rings. The molecule has 1 amide bonds. The molecule has 1 N–H and O–H groups in total. The Kier molecular flexibility index (Phi) is 5.50. The fourth-order valence-corrected chi connectivity index (χ4v) is 3.05. The molecule has 6 nitrogen and oxygen atoms in total. The van der Waals surface area contributed by atoms with Gasteiger partial charge in [0.25, 0.3) is 0 Å². The van der Waals surface area contributed by atoms with Crippen LogP contribution >= 0.6 is 0 Å². The van der Waals surface area contributed by atoms with E-state index in [0.717, 1.165) is 43.2 Å². The van der Waals surface area contributed by atoms with Crippen molar-refractivity contribution in [3.05, 3.63) is 47.8 Å². The van der Waals surface area contributed by atoms with Gasteiger partial charge in [0.1, 0.15) is 0 Å². The van der Waals surface area contributed by atoms with Crippen LogP contribution in [0.1, 0.15) is 17.5 Å². The van der Waals surface area contributed by atoms with Crippen LogP contribution < -0.4 is 14.8 Å². The Morgan fingerprint density at radius 3 is 2.68 bits per heavy atom. The van der Waals surface area contributed by atoms with Crippen LogP contribution in [0.25, 0.3) is 0 Å². The minimum atomic E-state index is 0.00566. The number of carbonyl (C=O) groups is 1. The molecular weight excluding hydrogens is 318 g/mol. The molecule has 0 radical (unpaired) electrons. The lowest BCUT2D eigenvalue weighted by Crippen LogP contribution is -2.33. The lowest BCUT2D eigenvalue weighted by molar-refractivity contribution is -0.116. The van der Waals surface area contributed by atoms with Crippen molar-refractivity contribution in [2.24, 2.45) is 0 Å². The lowest BCUT2D eigenvalue weighted by Gasteiger charge is -2.29. The molecule has 132 valence electrons. The molecule has 0 aliphatic carbocycles. The average molecular weight is 341 g/mol. The molecule has 0 unspecified atom stereocenters. The number of amides is 1. The molecule has 0 atom stereocenters. The van der Waals surface area contributed by atoms with Crippen LogP contribution in [0.2, 0.25) is 0 Å². The maximum absolute atomic E-state index is 12.1. The van der Waals surface area contributed by atoms with E-state index in [4.69, 9.17) is 9.47 Å². The molecule has 0 saturated heterocycles. The maximum Gasteiger partial charge on any atom is 0.225 e. The van der Waals surface area contributed by atoms with Crippen LogP contribution in [0.15, 0.2) is 36.7 Å². The summed E-state index contributed by atoms with van der Waals surface area (Å²) < 4.78 is 10.8. The van der Waals surface area contributed by atoms with Gasteiger partial charge in [0.2, 0.25) is 5.91 Å². The van der Waals surface area contributed by atoms with E-state index in [0.29, 0.717) is 6.42 Å². The molecule has 0 bridgehead atoms. The third kappa shape index (κ3) is 4.28. The zero-order valence-electron chi connectivity index (χ0n) is 14.6. The van der Waals surface area contributed by atoms with E-state index in [1.807, 2.05) is 12.1 Å². The van der Waals surface area contributed by atoms with E-state index in [2.05, 4.69) is 21.3 Å². The summed E-state index contributed by atoms with van der Waals surface area (Å²) in [5.74, 6) is 1.52. The molecular formula is C19H23N3O3. The molecule has 1 aromatic carbocycles. The fourth-order valence-electron chi connectivity index (χ4n) is 3.05. The number of anilines is 1. The maximum atomic E-state index is 12.1. The number of rotatable bonds is 6. The number of benzene rings is 1. The first kappa shape index (κ1) is 17.2. The van der Waals surface area contributed by atoms with Crippen molar-refractivity contribution >= 4 is 11.6 Å². The third-order valence-corrected chi connectivity index (χ3v) is 4.40. The van der Waals surface area contributed by atoms with Crippen LogP contribution in [0.3, 0.4) is 0 Å². The van der Waals surface area contributed by atoms with Crippen molar-refractivity contribution in [2.75, 3.05) is 32.6 Å². The highest BCUT2D eigenvalue weighted by atomic mass is 16.5. The number of carbonyl (C=O) groups excluding carboxylic acids is 1. The number of pyridine rings is 1. The topological polar surface area (TPSA) is 63.7 Å². The molecule has 2 heterocycles. The van der Waals surface area contributed by atoms with Gasteiger partial charge in [0.05, 0.1) is 26.1 Å². The van der Waals surface area contributed by atoms with E-state index >= 15 is 0 Å². The number of hydrogen-bond acceptors (Lipinski definition) is 5. The Morgan fingerprint density at radius 2 is 2.00 bits per heavy atom. The van der Waals surface area contributed by atoms with Gasteiger partial charge in [0.15, 0.2) is 11.5 Å². The van der Waals surface area contributed by atoms with Crippen molar-refractivity contribution in [2.45, 2.75) is 19.4 Å². The first-order valence-corrected chi connectivity index (χ1v) is 8.35. The van der Waals surface area contributed by atoms with Gasteiger partial charge in [-0.1, -0.05) is 0 Å². The van der Waals surface area contributed by atoms with Crippen molar-refractivity contribution in [3.8, 4) is 11.5 Å². The normalized spacial score (nSPS) is 13.8. The molecule has 0 fully saturated rings. The summed E-state index contributed by atoms with van der Waals surface area (Å²) in [6.45, 7) is 2.47. The highest BCUT2D eigenvalue weighted by molar-refractivity contribution is 5.90. The number of ether oxygens (including phenoxy) is 2. The van der Waals surface area contributed by atoms with E-state index in [1.54, 1.807) is 32.7 Å². The molecule has 3 rings (SSSR count). The molecule has 1 aromatic heterocycles. The standard InChI is InChI=1S/C19H23N3O3/c1-24-17-10-14-5-8-22(13-15(14)11-18(17)25-2)9-6-19(23)21-16-4-3-7-20-12-16/h3-4,7,10-12H,5-6,8-9,13H2,1-2H3,(H,21,23). The number of nitrogens with one attached hydrogen (secondary N) is 1. The molecule has 0 spiro atoms. The minimum Gasteiger partial charge on any atom is -0.493 e. The monoisotopic (exact) mass is 341 g/mol. The van der Waals surface area contributed by atoms with Crippen LogP contribution in [0, 0.1) is 0 Å². The van der Waals surface area contributed by atoms with Gasteiger partial charge in [-0.2, -0.15) is 0 Å². The van der Waals surface area contributed by atoms with Gasteiger partial charge in [0, 0.05) is 32.3 Å². The predicted octanol–water partition coefficient (Wildman–Crippen LogP) is 2.49. The summed E-state index contributed by atoms with van der Waals surface area (Å²) >= 11 is 0. The van der Waals surface area contributed by atoms with Crippen molar-refractivity contribution in [1.29, 1.82) is 0 Å². The average Bonchev–Trinajstić information content (AvgIpc) is 2.65. The molecule has 0 saturated carbocycles. The lowest BCUT2D eigenvalue weighted by atomic mass is 9.98. The van der Waals surface area contributed by atoms with E-state index < -0.39 is 0 Å². The number of aromatic nitrogens is 1. The Hall–Kier alpha value is -2.60. The van der Waals surface area contributed by atoms with Gasteiger partial charge >= 0.3 is 0 Å². The quantitative estimate of drug-likeness (QED) is 0.874. The third-order valence-electron chi connectivity index (χ3n) is 4.40. The Balaban J connectivity index is 1.57. The Morgan fingerprint density at radius 1 is 1.24 bits per heavy atom. The second-order valence-corrected chi connectivity index (χ2v) is 6.04. The largest absolute Gasteiger partial charge is 0.493 e. The van der Waals surface area contributed by atoms with Gasteiger partial charge in [-0.15, -0.1) is 0 Å². The number of fused-ring (bicyclic) bond motifs is 1. The minimum absolute atomic E-state index is 0.00566. The second-order valence-electron chi connectivity index (χ2n) is 6.04. The van der Waals surface area contributed by atoms with Crippen LogP contribution in [-0.2, 0) is 17.8 Å². The SMILES string of the molecule is COc1cc2c(cc1OC)CN(CCC(=O)Nc1cccnc1)CC2. The van der Waals surface area contributed by atoms with Crippen molar-refractivity contribution in [3.63, 3.8) is 0 Å². The fraction of sp³-hybridized carbons (Fsp3) is 0.368. The Labute approximate surface area is 147 Å². The number of methoxy groups -OCH3 is 2. The highest BCUT2D eigenvalue weighted by Crippen LogP contribution is 2.33. The van der Waals surface area contributed by atoms with E-state index in [1.165, 1.54) is 11.1 Å². The smallest absolute Gasteiger partial charge is 0.225 e.